The Bertz CT molecular complexity index is 438. The van der Waals surface area contributed by atoms with Gasteiger partial charge in [0.2, 0.25) is 0 Å². The molecule has 0 bridgehead atoms. The molecule has 1 rings (SSSR count). The maximum absolute atomic E-state index is 12.2. The van der Waals surface area contributed by atoms with Crippen LogP contribution in [0.15, 0.2) is 11.2 Å². The van der Waals surface area contributed by atoms with E-state index in [1.54, 1.807) is 14.1 Å². The van der Waals surface area contributed by atoms with Gasteiger partial charge >= 0.3 is 0 Å². The summed E-state index contributed by atoms with van der Waals surface area (Å²) in [6, 6.07) is -0.0873. The largest absolute Gasteiger partial charge is 0.316 e. The van der Waals surface area contributed by atoms with Crippen LogP contribution in [0, 0.1) is 0 Å². The highest BCUT2D eigenvalue weighted by Crippen LogP contribution is 2.17. The molecule has 2 N–H and O–H groups in total. The fourth-order valence-electron chi connectivity index (χ4n) is 1.26. The molecule has 0 fully saturated rings. The lowest BCUT2D eigenvalue weighted by Gasteiger charge is -2.20. The minimum Gasteiger partial charge on any atom is -0.316 e. The van der Waals surface area contributed by atoms with Crippen LogP contribution in [0.3, 0.4) is 0 Å². The Labute approximate surface area is 96.1 Å². The van der Waals surface area contributed by atoms with Gasteiger partial charge in [0, 0.05) is 25.2 Å². The summed E-state index contributed by atoms with van der Waals surface area (Å²) < 4.78 is 25.6. The smallest absolute Gasteiger partial charge is 0.260 e. The number of rotatable bonds is 5. The highest BCUT2D eigenvalue weighted by Gasteiger charge is 2.27. The average Bonchev–Trinajstić information content (AvgIpc) is 2.65. The lowest BCUT2D eigenvalue weighted by atomic mass is 10.4. The van der Waals surface area contributed by atoms with Crippen LogP contribution in [-0.4, -0.2) is 43.1 Å². The van der Waals surface area contributed by atoms with Crippen LogP contribution in [0.25, 0.3) is 0 Å². The van der Waals surface area contributed by atoms with E-state index in [1.807, 2.05) is 13.8 Å². The summed E-state index contributed by atoms with van der Waals surface area (Å²) in [5.74, 6) is 0. The molecule has 0 aromatic carbocycles. The number of hydrogen-bond acceptors (Lipinski definition) is 4. The van der Waals surface area contributed by atoms with E-state index >= 15 is 0 Å². The summed E-state index contributed by atoms with van der Waals surface area (Å²) in [4.78, 5) is 0. The van der Waals surface area contributed by atoms with Gasteiger partial charge in [0.05, 0.1) is 6.20 Å². The van der Waals surface area contributed by atoms with Gasteiger partial charge in [-0.15, -0.1) is 0 Å². The van der Waals surface area contributed by atoms with Crippen molar-refractivity contribution < 1.29 is 8.42 Å². The van der Waals surface area contributed by atoms with Crippen molar-refractivity contribution in [2.24, 2.45) is 0 Å². The van der Waals surface area contributed by atoms with Crippen LogP contribution in [0.5, 0.6) is 0 Å². The summed E-state index contributed by atoms with van der Waals surface area (Å²) in [5.41, 5.74) is 0.648. The molecular formula is C9H18N4O2S. The Morgan fingerprint density at radius 3 is 2.69 bits per heavy atom. The molecule has 0 radical (unpaired) electrons. The Morgan fingerprint density at radius 1 is 1.56 bits per heavy atom. The van der Waals surface area contributed by atoms with Gasteiger partial charge in [-0.2, -0.15) is 9.40 Å². The maximum Gasteiger partial charge on any atom is 0.260 e. The highest BCUT2D eigenvalue weighted by atomic mass is 32.2. The summed E-state index contributed by atoms with van der Waals surface area (Å²) in [7, 11) is -0.153. The van der Waals surface area contributed by atoms with Crippen molar-refractivity contribution in [3.63, 3.8) is 0 Å². The zero-order valence-corrected chi connectivity index (χ0v) is 10.8. The lowest BCUT2D eigenvalue weighted by Crippen LogP contribution is -2.34. The first-order valence-corrected chi connectivity index (χ1v) is 6.50. The molecule has 0 amide bonds. The van der Waals surface area contributed by atoms with E-state index in [-0.39, 0.29) is 11.1 Å². The van der Waals surface area contributed by atoms with Gasteiger partial charge in [0.1, 0.15) is 0 Å². The fraction of sp³-hybridized carbons (Fsp3) is 0.667. The zero-order chi connectivity index (χ0) is 12.3. The van der Waals surface area contributed by atoms with Crippen molar-refractivity contribution in [2.45, 2.75) is 31.5 Å². The number of aromatic amines is 1. The van der Waals surface area contributed by atoms with E-state index in [0.717, 1.165) is 0 Å². The van der Waals surface area contributed by atoms with E-state index in [2.05, 4.69) is 15.5 Å². The monoisotopic (exact) mass is 246 g/mol. The average molecular weight is 246 g/mol. The first-order chi connectivity index (χ1) is 7.41. The Balaban J connectivity index is 3.12. The third-order valence-corrected chi connectivity index (χ3v) is 4.46. The highest BCUT2D eigenvalue weighted by molar-refractivity contribution is 7.89. The Kier molecular flexibility index (Phi) is 4.06. The third kappa shape index (κ3) is 2.42. The molecule has 6 nitrogen and oxygen atoms in total. The van der Waals surface area contributed by atoms with Crippen molar-refractivity contribution in [1.82, 2.24) is 19.8 Å². The summed E-state index contributed by atoms with van der Waals surface area (Å²) in [5, 5.41) is 9.40. The SMILES string of the molecule is CNCc1cn[nH]c1S(=O)(=O)N(C)C(C)C. The number of H-pyrrole nitrogens is 1. The molecule has 0 saturated heterocycles. The minimum absolute atomic E-state index is 0.0873. The summed E-state index contributed by atoms with van der Waals surface area (Å²) in [6.45, 7) is 4.12. The Morgan fingerprint density at radius 2 is 2.19 bits per heavy atom. The molecule has 7 heteroatoms. The van der Waals surface area contributed by atoms with Gasteiger partial charge in [0.25, 0.3) is 10.0 Å². The van der Waals surface area contributed by atoms with E-state index in [1.165, 1.54) is 10.5 Å². The normalized spacial score (nSPS) is 12.6. The summed E-state index contributed by atoms with van der Waals surface area (Å²) in [6.07, 6.45) is 1.53. The van der Waals surface area contributed by atoms with Crippen molar-refractivity contribution in [3.8, 4) is 0 Å². The number of nitrogens with one attached hydrogen (secondary N) is 2. The molecule has 0 atom stereocenters. The lowest BCUT2D eigenvalue weighted by molar-refractivity contribution is 0.408. The third-order valence-electron chi connectivity index (χ3n) is 2.41. The second-order valence-corrected chi connectivity index (χ2v) is 5.80. The minimum atomic E-state index is -3.47. The van der Waals surface area contributed by atoms with Crippen LogP contribution in [0.1, 0.15) is 19.4 Å². The van der Waals surface area contributed by atoms with E-state index in [0.29, 0.717) is 12.1 Å². The van der Waals surface area contributed by atoms with Gasteiger partial charge in [-0.05, 0) is 20.9 Å². The van der Waals surface area contributed by atoms with Crippen LogP contribution in [0.4, 0.5) is 0 Å². The first-order valence-electron chi connectivity index (χ1n) is 5.06. The van der Waals surface area contributed by atoms with Gasteiger partial charge in [0.15, 0.2) is 5.03 Å². The van der Waals surface area contributed by atoms with Crippen LogP contribution in [0.2, 0.25) is 0 Å². The second-order valence-electron chi connectivity index (χ2n) is 3.87. The molecule has 0 unspecified atom stereocenters. The van der Waals surface area contributed by atoms with Gasteiger partial charge in [-0.25, -0.2) is 8.42 Å². The van der Waals surface area contributed by atoms with Gasteiger partial charge in [-0.3, -0.25) is 5.10 Å². The predicted molar refractivity (Wildman–Crippen MR) is 61.4 cm³/mol. The number of hydrogen-bond donors (Lipinski definition) is 2. The maximum atomic E-state index is 12.2. The van der Waals surface area contributed by atoms with Crippen LogP contribution < -0.4 is 5.32 Å². The van der Waals surface area contributed by atoms with Crippen LogP contribution in [-0.2, 0) is 16.6 Å². The van der Waals surface area contributed by atoms with E-state index in [4.69, 9.17) is 0 Å². The van der Waals surface area contributed by atoms with Crippen molar-refractivity contribution >= 4 is 10.0 Å². The van der Waals surface area contributed by atoms with Crippen molar-refractivity contribution in [2.75, 3.05) is 14.1 Å². The Hall–Kier alpha value is -0.920. The molecule has 0 aliphatic heterocycles. The number of nitrogens with zero attached hydrogens (tertiary/aromatic N) is 2. The second kappa shape index (κ2) is 4.94. The first kappa shape index (κ1) is 13.1. The van der Waals surface area contributed by atoms with Crippen molar-refractivity contribution in [3.05, 3.63) is 11.8 Å². The predicted octanol–water partition coefficient (Wildman–Crippen LogP) is 0.158. The number of sulfonamides is 1. The van der Waals surface area contributed by atoms with Gasteiger partial charge in [-0.1, -0.05) is 0 Å². The molecule has 0 saturated carbocycles. The topological polar surface area (TPSA) is 78.1 Å². The van der Waals surface area contributed by atoms with E-state index in [9.17, 15) is 8.42 Å². The summed E-state index contributed by atoms with van der Waals surface area (Å²) >= 11 is 0. The molecule has 16 heavy (non-hydrogen) atoms. The standard InChI is InChI=1S/C9H18N4O2S/c1-7(2)13(4)16(14,15)9-8(5-10-3)6-11-12-9/h6-7,10H,5H2,1-4H3,(H,11,12). The van der Waals surface area contributed by atoms with E-state index < -0.39 is 10.0 Å². The molecule has 1 aromatic rings. The van der Waals surface area contributed by atoms with Crippen molar-refractivity contribution in [1.29, 1.82) is 0 Å². The quantitative estimate of drug-likeness (QED) is 0.775. The molecule has 0 aliphatic rings. The van der Waals surface area contributed by atoms with Crippen LogP contribution >= 0.6 is 0 Å². The molecular weight excluding hydrogens is 228 g/mol. The molecule has 0 spiro atoms. The molecule has 1 aromatic heterocycles. The number of aromatic nitrogens is 2. The molecule has 0 aliphatic carbocycles. The molecule has 1 heterocycles. The molecule has 92 valence electrons. The zero-order valence-electron chi connectivity index (χ0n) is 9.98. The van der Waals surface area contributed by atoms with Gasteiger partial charge < -0.3 is 5.32 Å². The fourth-order valence-corrected chi connectivity index (χ4v) is 2.73.